The molecule has 3 rings (SSSR count). The molecule has 2 heterocycles. The van der Waals surface area contributed by atoms with Crippen molar-refractivity contribution < 1.29 is 4.79 Å². The number of aryl methyl sites for hydroxylation is 1. The third-order valence-electron chi connectivity index (χ3n) is 4.63. The highest BCUT2D eigenvalue weighted by atomic mass is 16.2. The van der Waals surface area contributed by atoms with Crippen molar-refractivity contribution in [1.82, 2.24) is 18.7 Å². The molecule has 0 aliphatic heterocycles. The van der Waals surface area contributed by atoms with Gasteiger partial charge in [0, 0.05) is 12.0 Å². The Morgan fingerprint density at radius 2 is 1.89 bits per heavy atom. The second-order valence-corrected chi connectivity index (χ2v) is 7.72. The molecule has 7 nitrogen and oxygen atoms in total. The number of carbonyl (C=O) groups is 1. The maximum atomic E-state index is 12.9. The summed E-state index contributed by atoms with van der Waals surface area (Å²) < 4.78 is 4.15. The fourth-order valence-corrected chi connectivity index (χ4v) is 2.97. The number of benzene rings is 1. The highest BCUT2D eigenvalue weighted by Crippen LogP contribution is 2.18. The fraction of sp³-hybridized carbons (Fsp3) is 0.400. The number of fused-ring (bicyclic) bond motifs is 1. The Morgan fingerprint density at radius 1 is 1.19 bits per heavy atom. The van der Waals surface area contributed by atoms with E-state index < -0.39 is 16.7 Å². The summed E-state index contributed by atoms with van der Waals surface area (Å²) in [4.78, 5) is 42.7. The van der Waals surface area contributed by atoms with Gasteiger partial charge < -0.3 is 4.57 Å². The lowest BCUT2D eigenvalue weighted by Crippen LogP contribution is -2.40. The maximum Gasteiger partial charge on any atom is 0.337 e. The molecule has 2 aromatic heterocycles. The lowest BCUT2D eigenvalue weighted by Gasteiger charge is -2.17. The van der Waals surface area contributed by atoms with Crippen LogP contribution in [0.4, 0.5) is 0 Å². The van der Waals surface area contributed by atoms with Gasteiger partial charge in [0.05, 0.1) is 18.6 Å². The van der Waals surface area contributed by atoms with Crippen molar-refractivity contribution >= 4 is 16.9 Å². The van der Waals surface area contributed by atoms with E-state index in [1.54, 1.807) is 17.6 Å². The van der Waals surface area contributed by atoms with Gasteiger partial charge in [-0.2, -0.15) is 0 Å². The molecule has 0 saturated carbocycles. The summed E-state index contributed by atoms with van der Waals surface area (Å²) in [5.74, 6) is -0.0162. The molecule has 27 heavy (non-hydrogen) atoms. The highest BCUT2D eigenvalue weighted by molar-refractivity contribution is 5.85. The van der Waals surface area contributed by atoms with Crippen molar-refractivity contribution in [2.45, 2.75) is 47.7 Å². The second kappa shape index (κ2) is 6.64. The number of hydrogen-bond donors (Lipinski definition) is 0. The Labute approximate surface area is 156 Å². The zero-order valence-electron chi connectivity index (χ0n) is 16.3. The van der Waals surface area contributed by atoms with E-state index in [0.717, 1.165) is 5.56 Å². The molecule has 0 aliphatic rings. The van der Waals surface area contributed by atoms with E-state index in [9.17, 15) is 14.4 Å². The number of nitrogens with zero attached hydrogens (tertiary/aromatic N) is 4. The van der Waals surface area contributed by atoms with Gasteiger partial charge in [0.2, 0.25) is 0 Å². The summed E-state index contributed by atoms with van der Waals surface area (Å²) >= 11 is 0. The summed E-state index contributed by atoms with van der Waals surface area (Å²) in [7, 11) is 0. The van der Waals surface area contributed by atoms with Crippen LogP contribution in [0.25, 0.3) is 16.9 Å². The Kier molecular flexibility index (Phi) is 4.63. The minimum absolute atomic E-state index is 0.0162. The monoisotopic (exact) mass is 368 g/mol. The van der Waals surface area contributed by atoms with E-state index in [2.05, 4.69) is 4.98 Å². The molecule has 0 radical (unpaired) electrons. The molecule has 142 valence electrons. The van der Waals surface area contributed by atoms with Crippen molar-refractivity contribution in [1.29, 1.82) is 0 Å². The third-order valence-corrected chi connectivity index (χ3v) is 4.63. The summed E-state index contributed by atoms with van der Waals surface area (Å²) in [6.45, 7) is 9.45. The molecule has 0 fully saturated rings. The van der Waals surface area contributed by atoms with Crippen LogP contribution < -0.4 is 11.2 Å². The molecule has 0 saturated heterocycles. The number of rotatable bonds is 4. The van der Waals surface area contributed by atoms with Gasteiger partial charge in [-0.25, -0.2) is 14.3 Å². The molecule has 0 spiro atoms. The van der Waals surface area contributed by atoms with Crippen LogP contribution in [0.3, 0.4) is 0 Å². The Bertz CT molecular complexity index is 1140. The van der Waals surface area contributed by atoms with Gasteiger partial charge in [-0.1, -0.05) is 32.9 Å². The lowest BCUT2D eigenvalue weighted by molar-refractivity contribution is -0.126. The average Bonchev–Trinajstić information content (AvgIpc) is 2.98. The van der Waals surface area contributed by atoms with Crippen molar-refractivity contribution in [2.24, 2.45) is 5.41 Å². The van der Waals surface area contributed by atoms with Crippen LogP contribution in [0.15, 0.2) is 40.2 Å². The standard InChI is InChI=1S/C20H24N4O3/c1-6-23-18(26)16-17(21-12-22(16)11-15(25)20(3,4)5)24(19(23)27)14-9-7-8-13(2)10-14/h7-10,12H,6,11H2,1-5H3. The first-order valence-corrected chi connectivity index (χ1v) is 8.96. The Balaban J connectivity index is 2.34. The predicted octanol–water partition coefficient (Wildman–Crippen LogP) is 2.29. The zero-order valence-corrected chi connectivity index (χ0v) is 16.3. The molecule has 0 aliphatic carbocycles. The van der Waals surface area contributed by atoms with E-state index >= 15 is 0 Å². The first kappa shape index (κ1) is 18.8. The van der Waals surface area contributed by atoms with Crippen LogP contribution >= 0.6 is 0 Å². The summed E-state index contributed by atoms with van der Waals surface area (Å²) in [6, 6.07) is 7.45. The first-order chi connectivity index (χ1) is 12.6. The van der Waals surface area contributed by atoms with E-state index in [1.807, 2.05) is 45.9 Å². The minimum Gasteiger partial charge on any atom is -0.317 e. The molecular formula is C20H24N4O3. The van der Waals surface area contributed by atoms with E-state index in [4.69, 9.17) is 0 Å². The first-order valence-electron chi connectivity index (χ1n) is 8.96. The number of hydrogen-bond acceptors (Lipinski definition) is 4. The topological polar surface area (TPSA) is 78.9 Å². The number of ketones is 1. The molecule has 0 atom stereocenters. The Hall–Kier alpha value is -2.96. The molecule has 1 aromatic carbocycles. The average molecular weight is 368 g/mol. The highest BCUT2D eigenvalue weighted by Gasteiger charge is 2.24. The van der Waals surface area contributed by atoms with Crippen molar-refractivity contribution in [3.63, 3.8) is 0 Å². The van der Waals surface area contributed by atoms with Gasteiger partial charge in [-0.3, -0.25) is 14.2 Å². The van der Waals surface area contributed by atoms with Crippen LogP contribution in [0.2, 0.25) is 0 Å². The van der Waals surface area contributed by atoms with Gasteiger partial charge in [-0.05, 0) is 31.5 Å². The van der Waals surface area contributed by atoms with Crippen LogP contribution in [-0.2, 0) is 17.9 Å². The van der Waals surface area contributed by atoms with Gasteiger partial charge in [-0.15, -0.1) is 0 Å². The molecular weight excluding hydrogens is 344 g/mol. The Morgan fingerprint density at radius 3 is 2.48 bits per heavy atom. The normalized spacial score (nSPS) is 11.9. The maximum absolute atomic E-state index is 12.9. The zero-order chi connectivity index (χ0) is 19.9. The summed E-state index contributed by atoms with van der Waals surface area (Å²) in [6.07, 6.45) is 1.46. The van der Waals surface area contributed by atoms with Crippen molar-refractivity contribution in [2.75, 3.05) is 0 Å². The molecule has 0 amide bonds. The van der Waals surface area contributed by atoms with Crippen molar-refractivity contribution in [3.05, 3.63) is 57.0 Å². The smallest absolute Gasteiger partial charge is 0.317 e. The molecule has 3 aromatic rings. The van der Waals surface area contributed by atoms with Crippen LogP contribution in [0, 0.1) is 12.3 Å². The van der Waals surface area contributed by atoms with E-state index in [1.165, 1.54) is 15.5 Å². The number of aromatic nitrogens is 4. The van der Waals surface area contributed by atoms with Gasteiger partial charge >= 0.3 is 5.69 Å². The van der Waals surface area contributed by atoms with Gasteiger partial charge in [0.1, 0.15) is 0 Å². The quantitative estimate of drug-likeness (QED) is 0.708. The van der Waals surface area contributed by atoms with Crippen LogP contribution in [0.5, 0.6) is 0 Å². The molecule has 7 heteroatoms. The van der Waals surface area contributed by atoms with E-state index in [0.29, 0.717) is 5.69 Å². The molecule has 0 N–H and O–H groups in total. The minimum atomic E-state index is -0.536. The summed E-state index contributed by atoms with van der Waals surface area (Å²) in [5.41, 5.74) is 0.751. The SMILES string of the molecule is CCn1c(=O)c2c(ncn2CC(=O)C(C)(C)C)n(-c2cccc(C)c2)c1=O. The number of carbonyl (C=O) groups excluding carboxylic acids is 1. The molecule has 0 bridgehead atoms. The lowest BCUT2D eigenvalue weighted by atomic mass is 9.91. The fourth-order valence-electron chi connectivity index (χ4n) is 2.97. The molecule has 0 unspecified atom stereocenters. The third kappa shape index (κ3) is 3.25. The largest absolute Gasteiger partial charge is 0.337 e. The number of Topliss-reactive ketones (excluding diaryl/α,β-unsaturated/α-hetero) is 1. The predicted molar refractivity (Wildman–Crippen MR) is 104 cm³/mol. The van der Waals surface area contributed by atoms with E-state index in [-0.39, 0.29) is 30.0 Å². The second-order valence-electron chi connectivity index (χ2n) is 7.72. The van der Waals surface area contributed by atoms with Crippen molar-refractivity contribution in [3.8, 4) is 5.69 Å². The van der Waals surface area contributed by atoms with Gasteiger partial charge in [0.25, 0.3) is 5.56 Å². The summed E-state index contributed by atoms with van der Waals surface area (Å²) in [5, 5.41) is 0. The van der Waals surface area contributed by atoms with Crippen LogP contribution in [-0.4, -0.2) is 24.5 Å². The van der Waals surface area contributed by atoms with Crippen LogP contribution in [0.1, 0.15) is 33.3 Å². The number of imidazole rings is 1. The van der Waals surface area contributed by atoms with Gasteiger partial charge in [0.15, 0.2) is 16.9 Å².